The lowest BCUT2D eigenvalue weighted by Gasteiger charge is -2.04. The first-order chi connectivity index (χ1) is 9.26. The molecule has 0 saturated carbocycles. The summed E-state index contributed by atoms with van der Waals surface area (Å²) in [4.78, 5) is 16.3. The molecule has 19 heavy (non-hydrogen) atoms. The zero-order valence-corrected chi connectivity index (χ0v) is 11.6. The van der Waals surface area contributed by atoms with Gasteiger partial charge in [-0.25, -0.2) is 4.98 Å². The van der Waals surface area contributed by atoms with Crippen LogP contribution in [-0.2, 0) is 12.3 Å². The molecule has 0 bridgehead atoms. The Bertz CT molecular complexity index is 627. The van der Waals surface area contributed by atoms with Gasteiger partial charge in [0.25, 0.3) is 5.91 Å². The van der Waals surface area contributed by atoms with Gasteiger partial charge >= 0.3 is 0 Å². The van der Waals surface area contributed by atoms with Crippen molar-refractivity contribution in [3.8, 4) is 5.75 Å². The number of nitrogens with zero attached hydrogens (tertiary/aromatic N) is 1. The van der Waals surface area contributed by atoms with E-state index < -0.39 is 0 Å². The maximum Gasteiger partial charge on any atom is 0.257 e. The Balaban J connectivity index is 1.76. The fraction of sp³-hybridized carbons (Fsp3) is 0.231. The number of benzene rings is 1. The van der Waals surface area contributed by atoms with E-state index in [0.717, 1.165) is 23.4 Å². The Labute approximate surface area is 119 Å². The third kappa shape index (κ3) is 2.57. The van der Waals surface area contributed by atoms with Crippen LogP contribution in [0.3, 0.4) is 0 Å². The molecule has 2 heterocycles. The van der Waals surface area contributed by atoms with Crippen molar-refractivity contribution in [1.29, 1.82) is 0 Å². The monoisotopic (exact) mass is 294 g/mol. The van der Waals surface area contributed by atoms with Crippen LogP contribution in [0.1, 0.15) is 21.6 Å². The van der Waals surface area contributed by atoms with E-state index >= 15 is 0 Å². The van der Waals surface area contributed by atoms with Gasteiger partial charge in [-0.05, 0) is 23.8 Å². The fourth-order valence-corrected chi connectivity index (χ4v) is 2.86. The highest BCUT2D eigenvalue weighted by atomic mass is 35.5. The number of anilines is 1. The summed E-state index contributed by atoms with van der Waals surface area (Å²) in [5, 5.41) is 5.17. The molecule has 6 heteroatoms. The number of fused-ring (bicyclic) bond motifs is 1. The average Bonchev–Trinajstić information content (AvgIpc) is 3.05. The first kappa shape index (κ1) is 12.4. The molecule has 1 aliphatic heterocycles. The molecular weight excluding hydrogens is 284 g/mol. The zero-order chi connectivity index (χ0) is 13.2. The quantitative estimate of drug-likeness (QED) is 0.885. The molecule has 1 amide bonds. The van der Waals surface area contributed by atoms with E-state index in [-0.39, 0.29) is 5.91 Å². The fourth-order valence-electron chi connectivity index (χ4n) is 1.92. The topological polar surface area (TPSA) is 51.2 Å². The highest BCUT2D eigenvalue weighted by Crippen LogP contribution is 2.26. The molecule has 2 aromatic rings. The van der Waals surface area contributed by atoms with E-state index in [4.69, 9.17) is 16.3 Å². The molecule has 0 unspecified atom stereocenters. The number of rotatable bonds is 3. The minimum Gasteiger partial charge on any atom is -0.493 e. The van der Waals surface area contributed by atoms with Crippen molar-refractivity contribution in [3.05, 3.63) is 40.4 Å². The average molecular weight is 295 g/mol. The number of nitrogens with one attached hydrogen (secondary N) is 1. The summed E-state index contributed by atoms with van der Waals surface area (Å²) in [5.41, 5.74) is 2.46. The van der Waals surface area contributed by atoms with Gasteiger partial charge in [-0.2, -0.15) is 0 Å². The molecule has 4 nitrogen and oxygen atoms in total. The van der Waals surface area contributed by atoms with E-state index in [2.05, 4.69) is 10.3 Å². The van der Waals surface area contributed by atoms with Crippen LogP contribution in [0.4, 0.5) is 5.13 Å². The SMILES string of the molecule is O=C(Nc1nc(CCl)cs1)c1ccc2c(c1)CCO2. The highest BCUT2D eigenvalue weighted by molar-refractivity contribution is 7.14. The Morgan fingerprint density at radius 2 is 2.42 bits per heavy atom. The van der Waals surface area contributed by atoms with Crippen LogP contribution >= 0.6 is 22.9 Å². The standard InChI is InChI=1S/C13H11ClN2O2S/c14-6-10-7-19-13(15-10)16-12(17)9-1-2-11-8(5-9)3-4-18-11/h1-2,5,7H,3-4,6H2,(H,15,16,17). The number of alkyl halides is 1. The maximum absolute atomic E-state index is 12.1. The van der Waals surface area contributed by atoms with Gasteiger partial charge in [0.15, 0.2) is 5.13 Å². The largest absolute Gasteiger partial charge is 0.493 e. The maximum atomic E-state index is 12.1. The summed E-state index contributed by atoms with van der Waals surface area (Å²) in [6, 6.07) is 5.46. The molecule has 0 fully saturated rings. The van der Waals surface area contributed by atoms with Crippen molar-refractivity contribution in [2.75, 3.05) is 11.9 Å². The van der Waals surface area contributed by atoms with Crippen molar-refractivity contribution in [3.63, 3.8) is 0 Å². The van der Waals surface area contributed by atoms with E-state index in [1.165, 1.54) is 11.3 Å². The van der Waals surface area contributed by atoms with Crippen LogP contribution < -0.4 is 10.1 Å². The van der Waals surface area contributed by atoms with Crippen LogP contribution in [-0.4, -0.2) is 17.5 Å². The molecule has 0 atom stereocenters. The van der Waals surface area contributed by atoms with E-state index in [1.807, 2.05) is 17.5 Å². The third-order valence-electron chi connectivity index (χ3n) is 2.86. The third-order valence-corrected chi connectivity index (χ3v) is 3.94. The number of thiazole rings is 1. The van der Waals surface area contributed by atoms with Gasteiger partial charge in [-0.15, -0.1) is 22.9 Å². The number of ether oxygens (including phenoxy) is 1. The van der Waals surface area contributed by atoms with Crippen LogP contribution in [0.5, 0.6) is 5.75 Å². The van der Waals surface area contributed by atoms with Gasteiger partial charge in [0.1, 0.15) is 5.75 Å². The summed E-state index contributed by atoms with van der Waals surface area (Å²) < 4.78 is 5.41. The van der Waals surface area contributed by atoms with Crippen LogP contribution in [0.15, 0.2) is 23.6 Å². The van der Waals surface area contributed by atoms with Crippen molar-refractivity contribution < 1.29 is 9.53 Å². The lowest BCUT2D eigenvalue weighted by molar-refractivity contribution is 0.102. The lowest BCUT2D eigenvalue weighted by Crippen LogP contribution is -2.11. The highest BCUT2D eigenvalue weighted by Gasteiger charge is 2.15. The summed E-state index contributed by atoms with van der Waals surface area (Å²) in [6.07, 6.45) is 0.851. The van der Waals surface area contributed by atoms with Gasteiger partial charge in [0.05, 0.1) is 18.2 Å². The second kappa shape index (κ2) is 5.19. The van der Waals surface area contributed by atoms with Crippen molar-refractivity contribution in [2.45, 2.75) is 12.3 Å². The second-order valence-corrected chi connectivity index (χ2v) is 5.28. The molecule has 0 saturated heterocycles. The lowest BCUT2D eigenvalue weighted by atomic mass is 10.1. The first-order valence-corrected chi connectivity index (χ1v) is 7.25. The van der Waals surface area contributed by atoms with Crippen molar-refractivity contribution in [1.82, 2.24) is 4.98 Å². The van der Waals surface area contributed by atoms with Gasteiger partial charge in [-0.1, -0.05) is 0 Å². The minimum absolute atomic E-state index is 0.162. The Kier molecular flexibility index (Phi) is 3.40. The number of halogens is 1. The molecule has 0 aliphatic carbocycles. The number of carbonyl (C=O) groups is 1. The molecule has 0 spiro atoms. The molecule has 1 aromatic carbocycles. The Morgan fingerprint density at radius 1 is 1.53 bits per heavy atom. The number of hydrogen-bond acceptors (Lipinski definition) is 4. The van der Waals surface area contributed by atoms with Crippen LogP contribution in [0.25, 0.3) is 0 Å². The summed E-state index contributed by atoms with van der Waals surface area (Å²) >= 11 is 7.05. The summed E-state index contributed by atoms with van der Waals surface area (Å²) in [6.45, 7) is 0.686. The first-order valence-electron chi connectivity index (χ1n) is 5.84. The molecule has 1 aliphatic rings. The van der Waals surface area contributed by atoms with Gasteiger partial charge < -0.3 is 4.74 Å². The molecule has 1 aromatic heterocycles. The van der Waals surface area contributed by atoms with E-state index in [0.29, 0.717) is 23.2 Å². The smallest absolute Gasteiger partial charge is 0.257 e. The van der Waals surface area contributed by atoms with Gasteiger partial charge in [-0.3, -0.25) is 10.1 Å². The van der Waals surface area contributed by atoms with Crippen molar-refractivity contribution >= 4 is 34.0 Å². The number of carbonyl (C=O) groups excluding carboxylic acids is 1. The van der Waals surface area contributed by atoms with E-state index in [9.17, 15) is 4.79 Å². The molecule has 98 valence electrons. The van der Waals surface area contributed by atoms with Crippen molar-refractivity contribution in [2.24, 2.45) is 0 Å². The predicted molar refractivity (Wildman–Crippen MR) is 75.3 cm³/mol. The number of aromatic nitrogens is 1. The van der Waals surface area contributed by atoms with E-state index in [1.54, 1.807) is 6.07 Å². The zero-order valence-electron chi connectivity index (χ0n) is 9.98. The summed E-state index contributed by atoms with van der Waals surface area (Å²) in [5.74, 6) is 1.06. The number of amides is 1. The second-order valence-electron chi connectivity index (χ2n) is 4.15. The molecular formula is C13H11ClN2O2S. The normalized spacial score (nSPS) is 12.9. The summed E-state index contributed by atoms with van der Waals surface area (Å²) in [7, 11) is 0. The molecule has 3 rings (SSSR count). The minimum atomic E-state index is -0.162. The Hall–Kier alpha value is -1.59. The predicted octanol–water partition coefficient (Wildman–Crippen LogP) is 3.07. The van der Waals surface area contributed by atoms with Gasteiger partial charge in [0, 0.05) is 17.4 Å². The van der Waals surface area contributed by atoms with Crippen LogP contribution in [0.2, 0.25) is 0 Å². The Morgan fingerprint density at radius 3 is 3.21 bits per heavy atom. The van der Waals surface area contributed by atoms with Crippen LogP contribution in [0, 0.1) is 0 Å². The molecule has 0 radical (unpaired) electrons. The number of hydrogen-bond donors (Lipinski definition) is 1. The van der Waals surface area contributed by atoms with Gasteiger partial charge in [0.2, 0.25) is 0 Å². The molecule has 1 N–H and O–H groups in total.